The van der Waals surface area contributed by atoms with Crippen LogP contribution in [0, 0.1) is 5.41 Å². The summed E-state index contributed by atoms with van der Waals surface area (Å²) in [7, 11) is 2.07. The highest BCUT2D eigenvalue weighted by atomic mass is 32.2. The van der Waals surface area contributed by atoms with Gasteiger partial charge in [0.25, 0.3) is 0 Å². The van der Waals surface area contributed by atoms with Crippen LogP contribution in [0.1, 0.15) is 26.2 Å². The summed E-state index contributed by atoms with van der Waals surface area (Å²) in [5, 5.41) is 4.22. The predicted molar refractivity (Wildman–Crippen MR) is 79.4 cm³/mol. The summed E-state index contributed by atoms with van der Waals surface area (Å²) < 4.78 is 5.76. The maximum atomic E-state index is 5.76. The van der Waals surface area contributed by atoms with Gasteiger partial charge >= 0.3 is 0 Å². The summed E-state index contributed by atoms with van der Waals surface area (Å²) in [4.78, 5) is 2.68. The SMILES string of the molecule is CCC1CN(CC2(CNC)CCCOC2)CCS1. The zero-order valence-electron chi connectivity index (χ0n) is 11.9. The van der Waals surface area contributed by atoms with E-state index in [1.807, 2.05) is 0 Å². The minimum absolute atomic E-state index is 0.354. The fraction of sp³-hybridized carbons (Fsp3) is 1.00. The predicted octanol–water partition coefficient (Wildman–Crippen LogP) is 1.83. The molecule has 1 N–H and O–H groups in total. The van der Waals surface area contributed by atoms with Gasteiger partial charge < -0.3 is 15.0 Å². The lowest BCUT2D eigenvalue weighted by Crippen LogP contribution is -2.51. The van der Waals surface area contributed by atoms with Crippen molar-refractivity contribution in [2.24, 2.45) is 5.41 Å². The number of hydrogen-bond donors (Lipinski definition) is 1. The first-order valence-corrected chi connectivity index (χ1v) is 8.39. The number of ether oxygens (including phenoxy) is 1. The third-order valence-corrected chi connectivity index (χ3v) is 5.57. The van der Waals surface area contributed by atoms with Crippen LogP contribution in [0.15, 0.2) is 0 Å². The van der Waals surface area contributed by atoms with Crippen LogP contribution in [0.2, 0.25) is 0 Å². The molecule has 2 rings (SSSR count). The maximum absolute atomic E-state index is 5.76. The lowest BCUT2D eigenvalue weighted by molar-refractivity contribution is -0.0249. The van der Waals surface area contributed by atoms with Gasteiger partial charge in [-0.2, -0.15) is 11.8 Å². The molecule has 2 heterocycles. The lowest BCUT2D eigenvalue weighted by atomic mass is 9.81. The molecule has 0 saturated carbocycles. The molecule has 0 amide bonds. The van der Waals surface area contributed by atoms with Gasteiger partial charge in [-0.05, 0) is 26.3 Å². The van der Waals surface area contributed by atoms with E-state index in [0.717, 1.165) is 25.0 Å². The van der Waals surface area contributed by atoms with Gasteiger partial charge in [0, 0.05) is 49.2 Å². The van der Waals surface area contributed by atoms with Crippen LogP contribution in [0.25, 0.3) is 0 Å². The smallest absolute Gasteiger partial charge is 0.0546 e. The van der Waals surface area contributed by atoms with Crippen molar-refractivity contribution in [3.63, 3.8) is 0 Å². The van der Waals surface area contributed by atoms with Crippen molar-refractivity contribution in [3.8, 4) is 0 Å². The van der Waals surface area contributed by atoms with Crippen LogP contribution in [0.4, 0.5) is 0 Å². The Morgan fingerprint density at radius 2 is 2.39 bits per heavy atom. The van der Waals surface area contributed by atoms with E-state index in [1.165, 1.54) is 44.6 Å². The largest absolute Gasteiger partial charge is 0.381 e. The zero-order chi connectivity index (χ0) is 12.8. The minimum Gasteiger partial charge on any atom is -0.381 e. The Hall–Kier alpha value is 0.230. The van der Waals surface area contributed by atoms with Gasteiger partial charge in [0.2, 0.25) is 0 Å². The van der Waals surface area contributed by atoms with Crippen LogP contribution in [-0.2, 0) is 4.74 Å². The molecule has 106 valence electrons. The Labute approximate surface area is 116 Å². The first kappa shape index (κ1) is 14.6. The summed E-state index contributed by atoms with van der Waals surface area (Å²) in [6.07, 6.45) is 3.84. The third-order valence-electron chi connectivity index (χ3n) is 4.19. The van der Waals surface area contributed by atoms with E-state index in [9.17, 15) is 0 Å². The number of thioether (sulfide) groups is 1. The quantitative estimate of drug-likeness (QED) is 0.825. The highest BCUT2D eigenvalue weighted by Gasteiger charge is 2.35. The van der Waals surface area contributed by atoms with Crippen molar-refractivity contribution >= 4 is 11.8 Å². The molecule has 0 spiro atoms. The van der Waals surface area contributed by atoms with Crippen LogP contribution in [0.3, 0.4) is 0 Å². The molecule has 3 nitrogen and oxygen atoms in total. The van der Waals surface area contributed by atoms with Crippen molar-refractivity contribution in [1.29, 1.82) is 0 Å². The summed E-state index contributed by atoms with van der Waals surface area (Å²) in [5.41, 5.74) is 0.354. The van der Waals surface area contributed by atoms with E-state index < -0.39 is 0 Å². The molecule has 0 aromatic heterocycles. The Morgan fingerprint density at radius 1 is 1.50 bits per heavy atom. The Kier molecular flexibility index (Phi) is 5.80. The second kappa shape index (κ2) is 7.13. The number of rotatable bonds is 5. The van der Waals surface area contributed by atoms with Gasteiger partial charge in [0.15, 0.2) is 0 Å². The van der Waals surface area contributed by atoms with E-state index in [4.69, 9.17) is 4.74 Å². The summed E-state index contributed by atoms with van der Waals surface area (Å²) >= 11 is 2.15. The number of hydrogen-bond acceptors (Lipinski definition) is 4. The van der Waals surface area contributed by atoms with E-state index in [2.05, 4.69) is 35.9 Å². The normalized spacial score (nSPS) is 34.7. The van der Waals surface area contributed by atoms with Crippen molar-refractivity contribution in [2.75, 3.05) is 52.2 Å². The standard InChI is InChI=1S/C14H28N2OS/c1-3-13-9-16(6-8-18-13)11-14(10-15-2)5-4-7-17-12-14/h13,15H,3-12H2,1-2H3. The third kappa shape index (κ3) is 3.86. The van der Waals surface area contributed by atoms with Gasteiger partial charge in [0.1, 0.15) is 0 Å². The lowest BCUT2D eigenvalue weighted by Gasteiger charge is -2.43. The molecule has 0 aliphatic carbocycles. The number of nitrogens with zero attached hydrogens (tertiary/aromatic N) is 1. The van der Waals surface area contributed by atoms with Crippen molar-refractivity contribution in [2.45, 2.75) is 31.4 Å². The summed E-state index contributed by atoms with van der Waals surface area (Å²) in [6, 6.07) is 0. The maximum Gasteiger partial charge on any atom is 0.0546 e. The zero-order valence-corrected chi connectivity index (χ0v) is 12.7. The summed E-state index contributed by atoms with van der Waals surface area (Å²) in [5.74, 6) is 1.30. The second-order valence-corrected chi connectivity index (χ2v) is 7.23. The second-order valence-electron chi connectivity index (χ2n) is 5.82. The highest BCUT2D eigenvalue weighted by molar-refractivity contribution is 8.00. The average Bonchev–Trinajstić information content (AvgIpc) is 2.40. The van der Waals surface area contributed by atoms with Crippen molar-refractivity contribution < 1.29 is 4.74 Å². The molecule has 0 radical (unpaired) electrons. The molecule has 2 saturated heterocycles. The fourth-order valence-electron chi connectivity index (χ4n) is 3.25. The average molecular weight is 272 g/mol. The molecule has 4 heteroatoms. The molecule has 2 atom stereocenters. The van der Waals surface area contributed by atoms with Crippen LogP contribution in [0.5, 0.6) is 0 Å². The van der Waals surface area contributed by atoms with Gasteiger partial charge in [-0.3, -0.25) is 0 Å². The van der Waals surface area contributed by atoms with E-state index >= 15 is 0 Å². The van der Waals surface area contributed by atoms with Gasteiger partial charge in [-0.1, -0.05) is 6.92 Å². The Bertz CT molecular complexity index is 238. The van der Waals surface area contributed by atoms with E-state index in [0.29, 0.717) is 5.41 Å². The minimum atomic E-state index is 0.354. The molecule has 0 aromatic rings. The van der Waals surface area contributed by atoms with E-state index in [1.54, 1.807) is 0 Å². The molecule has 2 aliphatic heterocycles. The number of nitrogens with one attached hydrogen (secondary N) is 1. The molecule has 18 heavy (non-hydrogen) atoms. The van der Waals surface area contributed by atoms with Crippen molar-refractivity contribution in [3.05, 3.63) is 0 Å². The van der Waals surface area contributed by atoms with Gasteiger partial charge in [0.05, 0.1) is 6.61 Å². The monoisotopic (exact) mass is 272 g/mol. The molecule has 0 aromatic carbocycles. The first-order chi connectivity index (χ1) is 8.78. The molecular weight excluding hydrogens is 244 g/mol. The molecule has 2 fully saturated rings. The van der Waals surface area contributed by atoms with Gasteiger partial charge in [-0.25, -0.2) is 0 Å². The van der Waals surface area contributed by atoms with Crippen molar-refractivity contribution in [1.82, 2.24) is 10.2 Å². The molecule has 0 bridgehead atoms. The first-order valence-electron chi connectivity index (χ1n) is 7.34. The highest BCUT2D eigenvalue weighted by Crippen LogP contribution is 2.31. The van der Waals surface area contributed by atoms with Gasteiger partial charge in [-0.15, -0.1) is 0 Å². The molecular formula is C14H28N2OS. The van der Waals surface area contributed by atoms with E-state index in [-0.39, 0.29) is 0 Å². The van der Waals surface area contributed by atoms with Crippen LogP contribution >= 0.6 is 11.8 Å². The molecule has 2 aliphatic rings. The fourth-order valence-corrected chi connectivity index (χ4v) is 4.50. The molecule has 2 unspecified atom stereocenters. The van der Waals surface area contributed by atoms with Crippen LogP contribution in [-0.4, -0.2) is 62.3 Å². The Morgan fingerprint density at radius 3 is 3.06 bits per heavy atom. The Balaban J connectivity index is 1.91. The van der Waals surface area contributed by atoms with Crippen LogP contribution < -0.4 is 5.32 Å². The summed E-state index contributed by atoms with van der Waals surface area (Å²) in [6.45, 7) is 9.04. The topological polar surface area (TPSA) is 24.5 Å².